The Morgan fingerprint density at radius 3 is 2.74 bits per heavy atom. The molecule has 0 saturated carbocycles. The highest BCUT2D eigenvalue weighted by Gasteiger charge is 2.14. The highest BCUT2D eigenvalue weighted by Crippen LogP contribution is 2.29. The molecule has 1 aromatic carbocycles. The minimum Gasteiger partial charge on any atom is -0.497 e. The van der Waals surface area contributed by atoms with Crippen molar-refractivity contribution in [2.75, 3.05) is 7.11 Å². The lowest BCUT2D eigenvalue weighted by atomic mass is 10.0. The number of rotatable bonds is 4. The Balaban J connectivity index is 2.21. The van der Waals surface area contributed by atoms with E-state index >= 15 is 0 Å². The van der Waals surface area contributed by atoms with E-state index in [0.717, 1.165) is 32.9 Å². The highest BCUT2D eigenvalue weighted by molar-refractivity contribution is 9.10. The minimum absolute atomic E-state index is 0.0885. The van der Waals surface area contributed by atoms with Crippen LogP contribution in [-0.4, -0.2) is 12.1 Å². The molecule has 0 bridgehead atoms. The third-order valence-corrected chi connectivity index (χ3v) is 4.89. The number of thiazole rings is 1. The van der Waals surface area contributed by atoms with Crippen LogP contribution in [0, 0.1) is 13.8 Å². The molecule has 1 aromatic heterocycles. The molecule has 5 heteroatoms. The molecular weight excluding hydrogens is 324 g/mol. The first-order valence-electron chi connectivity index (χ1n) is 6.03. The summed E-state index contributed by atoms with van der Waals surface area (Å²) in [6, 6.07) is 5.77. The van der Waals surface area contributed by atoms with E-state index in [4.69, 9.17) is 10.5 Å². The minimum atomic E-state index is -0.0885. The van der Waals surface area contributed by atoms with Gasteiger partial charge in [0.25, 0.3) is 0 Å². The van der Waals surface area contributed by atoms with E-state index in [0.29, 0.717) is 0 Å². The van der Waals surface area contributed by atoms with Gasteiger partial charge in [0.1, 0.15) is 5.75 Å². The van der Waals surface area contributed by atoms with Gasteiger partial charge in [0.15, 0.2) is 0 Å². The predicted molar refractivity (Wildman–Crippen MR) is 82.9 cm³/mol. The summed E-state index contributed by atoms with van der Waals surface area (Å²) in [5.74, 6) is 0.820. The monoisotopic (exact) mass is 340 g/mol. The van der Waals surface area contributed by atoms with E-state index in [9.17, 15) is 0 Å². The van der Waals surface area contributed by atoms with Gasteiger partial charge in [0.05, 0.1) is 17.8 Å². The van der Waals surface area contributed by atoms with Crippen molar-refractivity contribution in [1.82, 2.24) is 4.98 Å². The zero-order valence-electron chi connectivity index (χ0n) is 11.2. The van der Waals surface area contributed by atoms with Crippen LogP contribution in [0.2, 0.25) is 0 Å². The fourth-order valence-corrected chi connectivity index (χ4v) is 3.39. The van der Waals surface area contributed by atoms with Crippen LogP contribution >= 0.6 is 27.3 Å². The van der Waals surface area contributed by atoms with Crippen molar-refractivity contribution < 1.29 is 4.74 Å². The molecule has 2 N–H and O–H groups in total. The normalized spacial score (nSPS) is 12.5. The third kappa shape index (κ3) is 3.35. The van der Waals surface area contributed by atoms with Crippen molar-refractivity contribution in [3.05, 3.63) is 43.8 Å². The molecule has 0 saturated heterocycles. The van der Waals surface area contributed by atoms with E-state index < -0.39 is 0 Å². The molecule has 2 rings (SSSR count). The van der Waals surface area contributed by atoms with E-state index in [-0.39, 0.29) is 6.04 Å². The summed E-state index contributed by atoms with van der Waals surface area (Å²) in [7, 11) is 1.66. The largest absolute Gasteiger partial charge is 0.497 e. The number of benzene rings is 1. The van der Waals surface area contributed by atoms with Crippen LogP contribution in [0.1, 0.15) is 27.2 Å². The molecule has 0 aliphatic rings. The van der Waals surface area contributed by atoms with Gasteiger partial charge in [0.2, 0.25) is 0 Å². The first kappa shape index (κ1) is 14.5. The topological polar surface area (TPSA) is 48.1 Å². The molecule has 0 amide bonds. The fraction of sp³-hybridized carbons (Fsp3) is 0.357. The van der Waals surface area contributed by atoms with Gasteiger partial charge in [-0.2, -0.15) is 0 Å². The van der Waals surface area contributed by atoms with Crippen LogP contribution in [0.15, 0.2) is 22.7 Å². The SMILES string of the molecule is COc1ccc(Br)c(C(N)Cc2nc(C)c(C)s2)c1. The van der Waals surface area contributed by atoms with Gasteiger partial charge in [0, 0.05) is 21.8 Å². The van der Waals surface area contributed by atoms with E-state index in [2.05, 4.69) is 27.8 Å². The Kier molecular flexibility index (Phi) is 4.60. The molecule has 102 valence electrons. The van der Waals surface area contributed by atoms with Gasteiger partial charge in [-0.1, -0.05) is 15.9 Å². The van der Waals surface area contributed by atoms with Crippen molar-refractivity contribution in [3.63, 3.8) is 0 Å². The lowest BCUT2D eigenvalue weighted by molar-refractivity contribution is 0.413. The molecular formula is C14H17BrN2OS. The maximum absolute atomic E-state index is 6.29. The van der Waals surface area contributed by atoms with Crippen LogP contribution < -0.4 is 10.5 Å². The summed E-state index contributed by atoms with van der Waals surface area (Å²) < 4.78 is 6.25. The Labute approximate surface area is 125 Å². The van der Waals surface area contributed by atoms with Crippen molar-refractivity contribution in [2.45, 2.75) is 26.3 Å². The van der Waals surface area contributed by atoms with Crippen molar-refractivity contribution in [3.8, 4) is 5.75 Å². The van der Waals surface area contributed by atoms with Crippen molar-refractivity contribution >= 4 is 27.3 Å². The maximum atomic E-state index is 6.29. The molecule has 0 fully saturated rings. The van der Waals surface area contributed by atoms with Gasteiger partial charge in [-0.3, -0.25) is 0 Å². The molecule has 19 heavy (non-hydrogen) atoms. The molecule has 0 aliphatic carbocycles. The van der Waals surface area contributed by atoms with Crippen LogP contribution in [0.5, 0.6) is 5.75 Å². The Bertz CT molecular complexity index is 563. The standard InChI is InChI=1S/C14H17BrN2OS/c1-8-9(2)19-14(17-8)7-13(16)11-6-10(18-3)4-5-12(11)15/h4-6,13H,7,16H2,1-3H3. The van der Waals surface area contributed by atoms with Gasteiger partial charge < -0.3 is 10.5 Å². The number of methoxy groups -OCH3 is 1. The Hall–Kier alpha value is -0.910. The van der Waals surface area contributed by atoms with Crippen LogP contribution in [0.3, 0.4) is 0 Å². The molecule has 3 nitrogen and oxygen atoms in total. The van der Waals surface area contributed by atoms with Gasteiger partial charge >= 0.3 is 0 Å². The number of aryl methyl sites for hydroxylation is 2. The van der Waals surface area contributed by atoms with Gasteiger partial charge in [-0.25, -0.2) is 4.98 Å². The summed E-state index contributed by atoms with van der Waals surface area (Å²) >= 11 is 5.26. The first-order chi connectivity index (χ1) is 9.01. The molecule has 0 spiro atoms. The fourth-order valence-electron chi connectivity index (χ4n) is 1.86. The molecule has 0 radical (unpaired) electrons. The Morgan fingerprint density at radius 1 is 1.42 bits per heavy atom. The Morgan fingerprint density at radius 2 is 2.16 bits per heavy atom. The smallest absolute Gasteiger partial charge is 0.119 e. The van der Waals surface area contributed by atoms with Crippen LogP contribution in [-0.2, 0) is 6.42 Å². The molecule has 2 aromatic rings. The summed E-state index contributed by atoms with van der Waals surface area (Å²) in [5, 5.41) is 1.08. The lowest BCUT2D eigenvalue weighted by Crippen LogP contribution is -2.14. The maximum Gasteiger partial charge on any atom is 0.119 e. The van der Waals surface area contributed by atoms with Crippen LogP contribution in [0.4, 0.5) is 0 Å². The lowest BCUT2D eigenvalue weighted by Gasteiger charge is -2.13. The third-order valence-electron chi connectivity index (χ3n) is 3.07. The molecule has 1 atom stereocenters. The zero-order valence-corrected chi connectivity index (χ0v) is 13.6. The quantitative estimate of drug-likeness (QED) is 0.921. The number of nitrogens with zero attached hydrogens (tertiary/aromatic N) is 1. The average molecular weight is 341 g/mol. The van der Waals surface area contributed by atoms with Gasteiger partial charge in [-0.05, 0) is 37.6 Å². The highest BCUT2D eigenvalue weighted by atomic mass is 79.9. The summed E-state index contributed by atoms with van der Waals surface area (Å²) in [5.41, 5.74) is 8.43. The second kappa shape index (κ2) is 6.03. The number of hydrogen-bond donors (Lipinski definition) is 1. The molecule has 0 aliphatic heterocycles. The number of aromatic nitrogens is 1. The average Bonchev–Trinajstić information content (AvgIpc) is 2.68. The predicted octanol–water partition coefficient (Wildman–Crippen LogP) is 3.77. The van der Waals surface area contributed by atoms with E-state index in [1.807, 2.05) is 25.1 Å². The second-order valence-electron chi connectivity index (χ2n) is 4.45. The summed E-state index contributed by atoms with van der Waals surface area (Å²) in [4.78, 5) is 5.80. The van der Waals surface area contributed by atoms with Crippen LogP contribution in [0.25, 0.3) is 0 Å². The molecule has 1 heterocycles. The number of hydrogen-bond acceptors (Lipinski definition) is 4. The summed E-state index contributed by atoms with van der Waals surface area (Å²) in [6.45, 7) is 4.12. The molecule has 1 unspecified atom stereocenters. The number of ether oxygens (including phenoxy) is 1. The van der Waals surface area contributed by atoms with Crippen molar-refractivity contribution in [1.29, 1.82) is 0 Å². The van der Waals surface area contributed by atoms with E-state index in [1.54, 1.807) is 18.4 Å². The van der Waals surface area contributed by atoms with E-state index in [1.165, 1.54) is 4.88 Å². The van der Waals surface area contributed by atoms with Crippen molar-refractivity contribution in [2.24, 2.45) is 5.73 Å². The second-order valence-corrected chi connectivity index (χ2v) is 6.59. The van der Waals surface area contributed by atoms with Gasteiger partial charge in [-0.15, -0.1) is 11.3 Å². The number of halogens is 1. The zero-order chi connectivity index (χ0) is 14.0. The number of nitrogens with two attached hydrogens (primary N) is 1. The first-order valence-corrected chi connectivity index (χ1v) is 7.64. The summed E-state index contributed by atoms with van der Waals surface area (Å²) in [6.07, 6.45) is 0.741.